The van der Waals surface area contributed by atoms with Gasteiger partial charge in [0.15, 0.2) is 12.4 Å². The third-order valence-electron chi connectivity index (χ3n) is 1.56. The van der Waals surface area contributed by atoms with Crippen molar-refractivity contribution in [2.75, 3.05) is 0 Å². The fraction of sp³-hybridized carbons (Fsp3) is 0.444. The number of halogens is 1. The Morgan fingerprint density at radius 1 is 1.18 bits per heavy atom. The summed E-state index contributed by atoms with van der Waals surface area (Å²) in [5, 5.41) is 0. The molecule has 0 aliphatic carbocycles. The van der Waals surface area contributed by atoms with E-state index in [1.165, 1.54) is 11.1 Å². The van der Waals surface area contributed by atoms with Crippen molar-refractivity contribution in [2.24, 2.45) is 0 Å². The van der Waals surface area contributed by atoms with Gasteiger partial charge in [0, 0.05) is 11.1 Å². The number of pyridine rings is 1. The van der Waals surface area contributed by atoms with E-state index in [9.17, 15) is 0 Å². The molecule has 0 saturated carbocycles. The first-order chi connectivity index (χ1) is 4.72. The molecule has 0 amide bonds. The summed E-state index contributed by atoms with van der Waals surface area (Å²) < 4.78 is 2.20. The van der Waals surface area contributed by atoms with Crippen molar-refractivity contribution >= 4 is 0 Å². The number of rotatable bonds is 1. The fourth-order valence-electron chi connectivity index (χ4n) is 1.18. The van der Waals surface area contributed by atoms with E-state index in [1.54, 1.807) is 0 Å². The lowest BCUT2D eigenvalue weighted by atomic mass is 10.2. The summed E-state index contributed by atoms with van der Waals surface area (Å²) >= 11 is 0. The third-order valence-corrected chi connectivity index (χ3v) is 1.56. The lowest BCUT2D eigenvalue weighted by Gasteiger charge is -1.94. The maximum absolute atomic E-state index is 2.20. The molecule has 0 atom stereocenters. The molecule has 2 heteroatoms. The van der Waals surface area contributed by atoms with Crippen LogP contribution in [0.4, 0.5) is 0 Å². The van der Waals surface area contributed by atoms with Gasteiger partial charge in [0.25, 0.3) is 0 Å². The average molecular weight is 172 g/mol. The molecule has 1 nitrogen and oxygen atoms in total. The van der Waals surface area contributed by atoms with E-state index in [2.05, 4.69) is 43.8 Å². The standard InChI is InChI=1S/C9H14N.ClH/c1-4-10-6-8(2)5-9(3)7-10;/h5-7H,4H2,1-3H3;1H/q+1;/p-1. The Hall–Kier alpha value is -0.560. The van der Waals surface area contributed by atoms with Crippen LogP contribution >= 0.6 is 0 Å². The average Bonchev–Trinajstić information content (AvgIpc) is 1.85. The molecule has 0 N–H and O–H groups in total. The minimum absolute atomic E-state index is 0. The zero-order valence-electron chi connectivity index (χ0n) is 7.26. The quantitative estimate of drug-likeness (QED) is 0.459. The number of nitrogens with zero attached hydrogens (tertiary/aromatic N) is 1. The first kappa shape index (κ1) is 10.4. The van der Waals surface area contributed by atoms with E-state index >= 15 is 0 Å². The second-order valence-corrected chi connectivity index (χ2v) is 2.72. The Morgan fingerprint density at radius 2 is 1.64 bits per heavy atom. The van der Waals surface area contributed by atoms with Gasteiger partial charge in [-0.25, -0.2) is 4.57 Å². The molecule has 0 aromatic carbocycles. The van der Waals surface area contributed by atoms with Gasteiger partial charge in [0.2, 0.25) is 0 Å². The smallest absolute Gasteiger partial charge is 0.171 e. The molecular weight excluding hydrogens is 158 g/mol. The molecule has 11 heavy (non-hydrogen) atoms. The van der Waals surface area contributed by atoms with E-state index in [-0.39, 0.29) is 12.4 Å². The number of hydrogen-bond donors (Lipinski definition) is 0. The van der Waals surface area contributed by atoms with Crippen LogP contribution in [0.25, 0.3) is 0 Å². The summed E-state index contributed by atoms with van der Waals surface area (Å²) in [5.41, 5.74) is 2.67. The topological polar surface area (TPSA) is 3.88 Å². The SMILES string of the molecule is CC[n+]1cc(C)cc(C)c1.[Cl-]. The van der Waals surface area contributed by atoms with Crippen molar-refractivity contribution in [1.29, 1.82) is 0 Å². The maximum atomic E-state index is 2.20. The van der Waals surface area contributed by atoms with Crippen LogP contribution in [0.3, 0.4) is 0 Å². The van der Waals surface area contributed by atoms with Crippen LogP contribution in [0.5, 0.6) is 0 Å². The van der Waals surface area contributed by atoms with Crippen LogP contribution in [0.15, 0.2) is 18.5 Å². The molecule has 0 saturated heterocycles. The first-order valence-electron chi connectivity index (χ1n) is 3.69. The van der Waals surface area contributed by atoms with Crippen molar-refractivity contribution in [3.63, 3.8) is 0 Å². The predicted molar refractivity (Wildman–Crippen MR) is 41.8 cm³/mol. The Labute approximate surface area is 74.5 Å². The second kappa shape index (κ2) is 4.35. The molecular formula is C9H14ClN. The van der Waals surface area contributed by atoms with E-state index < -0.39 is 0 Å². The molecule has 0 spiro atoms. The molecule has 0 bridgehead atoms. The number of hydrogen-bond acceptors (Lipinski definition) is 0. The van der Waals surface area contributed by atoms with Gasteiger partial charge in [-0.05, 0) is 26.8 Å². The highest BCUT2D eigenvalue weighted by Gasteiger charge is 1.97. The largest absolute Gasteiger partial charge is 1.00 e. The summed E-state index contributed by atoms with van der Waals surface area (Å²) in [4.78, 5) is 0. The molecule has 1 heterocycles. The van der Waals surface area contributed by atoms with Gasteiger partial charge in [0.1, 0.15) is 6.54 Å². The minimum Gasteiger partial charge on any atom is -1.00 e. The molecule has 1 aromatic rings. The normalized spacial score (nSPS) is 9.00. The van der Waals surface area contributed by atoms with Gasteiger partial charge in [0.05, 0.1) is 0 Å². The van der Waals surface area contributed by atoms with Crippen molar-refractivity contribution < 1.29 is 17.0 Å². The Kier molecular flexibility index (Phi) is 4.12. The van der Waals surface area contributed by atoms with E-state index in [4.69, 9.17) is 0 Å². The molecule has 0 unspecified atom stereocenters. The van der Waals surface area contributed by atoms with Crippen LogP contribution in [0.2, 0.25) is 0 Å². The molecule has 1 aromatic heterocycles. The summed E-state index contributed by atoms with van der Waals surface area (Å²) in [5.74, 6) is 0. The maximum Gasteiger partial charge on any atom is 0.171 e. The fourth-order valence-corrected chi connectivity index (χ4v) is 1.18. The minimum atomic E-state index is 0. The molecule has 1 rings (SSSR count). The van der Waals surface area contributed by atoms with Gasteiger partial charge in [-0.1, -0.05) is 0 Å². The highest BCUT2D eigenvalue weighted by Crippen LogP contribution is 1.96. The molecule has 0 fully saturated rings. The Morgan fingerprint density at radius 3 is 2.00 bits per heavy atom. The van der Waals surface area contributed by atoms with Gasteiger partial charge in [-0.2, -0.15) is 0 Å². The van der Waals surface area contributed by atoms with E-state index in [0.717, 1.165) is 6.54 Å². The van der Waals surface area contributed by atoms with Crippen molar-refractivity contribution in [1.82, 2.24) is 0 Å². The summed E-state index contributed by atoms with van der Waals surface area (Å²) in [6, 6.07) is 2.19. The highest BCUT2D eigenvalue weighted by atomic mass is 35.5. The Bertz CT molecular complexity index is 213. The van der Waals surface area contributed by atoms with Crippen LogP contribution in [0, 0.1) is 13.8 Å². The number of aromatic nitrogens is 1. The van der Waals surface area contributed by atoms with Crippen molar-refractivity contribution in [3.05, 3.63) is 29.6 Å². The van der Waals surface area contributed by atoms with Crippen molar-refractivity contribution in [2.45, 2.75) is 27.3 Å². The van der Waals surface area contributed by atoms with Gasteiger partial charge >= 0.3 is 0 Å². The lowest BCUT2D eigenvalue weighted by Crippen LogP contribution is -3.00. The van der Waals surface area contributed by atoms with Crippen LogP contribution in [-0.2, 0) is 6.54 Å². The zero-order valence-corrected chi connectivity index (χ0v) is 8.02. The van der Waals surface area contributed by atoms with E-state index in [0.29, 0.717) is 0 Å². The Balaban J connectivity index is 0.000001000. The summed E-state index contributed by atoms with van der Waals surface area (Å²) in [6.07, 6.45) is 4.32. The van der Waals surface area contributed by atoms with Crippen LogP contribution in [-0.4, -0.2) is 0 Å². The van der Waals surface area contributed by atoms with E-state index in [1.807, 2.05) is 0 Å². The van der Waals surface area contributed by atoms with Gasteiger partial charge < -0.3 is 12.4 Å². The molecule has 0 aliphatic rings. The third kappa shape index (κ3) is 2.89. The number of aryl methyl sites for hydroxylation is 3. The first-order valence-corrected chi connectivity index (χ1v) is 3.69. The summed E-state index contributed by atoms with van der Waals surface area (Å²) in [7, 11) is 0. The second-order valence-electron chi connectivity index (χ2n) is 2.72. The van der Waals surface area contributed by atoms with Crippen LogP contribution < -0.4 is 17.0 Å². The van der Waals surface area contributed by atoms with Gasteiger partial charge in [-0.15, -0.1) is 0 Å². The highest BCUT2D eigenvalue weighted by molar-refractivity contribution is 5.11. The predicted octanol–water partition coefficient (Wildman–Crippen LogP) is -1.39. The zero-order chi connectivity index (χ0) is 7.56. The van der Waals surface area contributed by atoms with Crippen molar-refractivity contribution in [3.8, 4) is 0 Å². The van der Waals surface area contributed by atoms with Crippen LogP contribution in [0.1, 0.15) is 18.1 Å². The van der Waals surface area contributed by atoms with Gasteiger partial charge in [-0.3, -0.25) is 0 Å². The monoisotopic (exact) mass is 171 g/mol. The molecule has 62 valence electrons. The summed E-state index contributed by atoms with van der Waals surface area (Å²) in [6.45, 7) is 7.46. The molecule has 0 aliphatic heterocycles. The molecule has 0 radical (unpaired) electrons. The lowest BCUT2D eigenvalue weighted by molar-refractivity contribution is -0.694.